The number of aryl methyl sites for hydroxylation is 1. The van der Waals surface area contributed by atoms with Gasteiger partial charge in [-0.1, -0.05) is 42.3 Å². The van der Waals surface area contributed by atoms with Crippen LogP contribution in [0.2, 0.25) is 0 Å². The van der Waals surface area contributed by atoms with Gasteiger partial charge in [0.05, 0.1) is 22.2 Å². The van der Waals surface area contributed by atoms with E-state index >= 15 is 0 Å². The second kappa shape index (κ2) is 11.8. The maximum absolute atomic E-state index is 13.4. The van der Waals surface area contributed by atoms with Gasteiger partial charge in [0.1, 0.15) is 6.04 Å². The number of aromatic nitrogens is 3. The van der Waals surface area contributed by atoms with Crippen molar-refractivity contribution in [2.45, 2.75) is 87.1 Å². The minimum absolute atomic E-state index is 0.0492. The average Bonchev–Trinajstić information content (AvgIpc) is 3.69. The largest absolute Gasteiger partial charge is 0.416 e. The number of hydrogen-bond acceptors (Lipinski definition) is 6. The number of nitrogens with zero attached hydrogens (tertiary/aromatic N) is 4. The standard InChI is InChI=1S/C30H33F3N6O3S/c31-30(32,33)22-6-4-9-25(16-22)43(41,42)39-14-13-34-29(40)28(39)17-24-19-38(37-36-24)27-10-3-5-21-15-20(11-12-26(21)27)18-35-23-7-1-2-8-23/h4,6,9,11-16,19,23,27-28,35H,1-3,5,7-8,10,17-18H2,(H,34,40)/t27?,28-/m1/s1. The highest BCUT2D eigenvalue weighted by Crippen LogP contribution is 2.34. The van der Waals surface area contributed by atoms with Crippen LogP contribution in [-0.4, -0.2) is 45.7 Å². The van der Waals surface area contributed by atoms with E-state index in [9.17, 15) is 26.4 Å². The van der Waals surface area contributed by atoms with E-state index in [-0.39, 0.29) is 12.5 Å². The molecule has 3 aromatic rings. The van der Waals surface area contributed by atoms with Crippen molar-refractivity contribution in [1.82, 2.24) is 29.9 Å². The normalized spacial score (nSPS) is 21.2. The number of halogens is 3. The van der Waals surface area contributed by atoms with Gasteiger partial charge >= 0.3 is 6.18 Å². The molecule has 0 radical (unpaired) electrons. The molecule has 2 aromatic carbocycles. The summed E-state index contributed by atoms with van der Waals surface area (Å²) in [5, 5.41) is 14.7. The second-order valence-electron chi connectivity index (χ2n) is 11.4. The Morgan fingerprint density at radius 2 is 1.86 bits per heavy atom. The van der Waals surface area contributed by atoms with E-state index in [0.717, 1.165) is 60.7 Å². The van der Waals surface area contributed by atoms with Crippen LogP contribution in [0.25, 0.3) is 0 Å². The number of sulfonamides is 1. The fourth-order valence-electron chi connectivity index (χ4n) is 6.27. The van der Waals surface area contributed by atoms with Gasteiger partial charge in [0, 0.05) is 37.6 Å². The smallest absolute Gasteiger partial charge is 0.329 e. The van der Waals surface area contributed by atoms with Gasteiger partial charge in [-0.25, -0.2) is 13.1 Å². The van der Waals surface area contributed by atoms with Gasteiger partial charge in [0.25, 0.3) is 10.0 Å². The predicted octanol–water partition coefficient (Wildman–Crippen LogP) is 4.46. The van der Waals surface area contributed by atoms with Gasteiger partial charge in [0.15, 0.2) is 0 Å². The van der Waals surface area contributed by atoms with Crippen LogP contribution in [0.1, 0.15) is 72.5 Å². The third-order valence-electron chi connectivity index (χ3n) is 8.51. The summed E-state index contributed by atoms with van der Waals surface area (Å²) < 4.78 is 69.2. The highest BCUT2D eigenvalue weighted by molar-refractivity contribution is 7.89. The van der Waals surface area contributed by atoms with Gasteiger partial charge < -0.3 is 10.6 Å². The number of amides is 1. The number of alkyl halides is 3. The van der Waals surface area contributed by atoms with Crippen molar-refractivity contribution in [1.29, 1.82) is 0 Å². The zero-order valence-electron chi connectivity index (χ0n) is 23.4. The van der Waals surface area contributed by atoms with E-state index in [0.29, 0.717) is 17.8 Å². The Balaban J connectivity index is 1.20. The quantitative estimate of drug-likeness (QED) is 0.388. The van der Waals surface area contributed by atoms with E-state index in [2.05, 4.69) is 39.1 Å². The molecule has 2 atom stereocenters. The molecule has 1 fully saturated rings. The molecule has 1 aromatic heterocycles. The van der Waals surface area contributed by atoms with Gasteiger partial charge in [-0.05, 0) is 67.0 Å². The van der Waals surface area contributed by atoms with Crippen molar-refractivity contribution in [3.63, 3.8) is 0 Å². The minimum atomic E-state index is -4.72. The van der Waals surface area contributed by atoms with E-state index in [1.54, 1.807) is 10.9 Å². The zero-order chi connectivity index (χ0) is 30.2. The van der Waals surface area contributed by atoms with Gasteiger partial charge in [0.2, 0.25) is 5.91 Å². The Hall–Kier alpha value is -3.71. The fraction of sp³-hybridized carbons (Fsp3) is 0.433. The fourth-order valence-corrected chi connectivity index (χ4v) is 7.77. The molecule has 13 heteroatoms. The van der Waals surface area contributed by atoms with E-state index < -0.39 is 38.6 Å². The molecule has 1 aliphatic heterocycles. The number of benzene rings is 2. The Bertz CT molecular complexity index is 1630. The first-order valence-corrected chi connectivity index (χ1v) is 16.0. The molecule has 1 saturated carbocycles. The second-order valence-corrected chi connectivity index (χ2v) is 13.2. The summed E-state index contributed by atoms with van der Waals surface area (Å²) in [5.74, 6) is -0.616. The van der Waals surface area contributed by atoms with Crippen molar-refractivity contribution in [3.8, 4) is 0 Å². The molecule has 6 rings (SSSR count). The van der Waals surface area contributed by atoms with Crippen LogP contribution in [0.15, 0.2) is 66.0 Å². The molecule has 43 heavy (non-hydrogen) atoms. The Morgan fingerprint density at radius 1 is 1.05 bits per heavy atom. The summed E-state index contributed by atoms with van der Waals surface area (Å²) in [6, 6.07) is 9.31. The highest BCUT2D eigenvalue weighted by atomic mass is 32.2. The molecule has 0 bridgehead atoms. The van der Waals surface area contributed by atoms with Crippen LogP contribution < -0.4 is 10.6 Å². The van der Waals surface area contributed by atoms with Crippen LogP contribution in [0.4, 0.5) is 13.2 Å². The van der Waals surface area contributed by atoms with Crippen molar-refractivity contribution in [2.24, 2.45) is 0 Å². The monoisotopic (exact) mass is 614 g/mol. The van der Waals surface area contributed by atoms with Crippen molar-refractivity contribution >= 4 is 15.9 Å². The number of hydrogen-bond donors (Lipinski definition) is 2. The van der Waals surface area contributed by atoms with Crippen LogP contribution in [-0.2, 0) is 40.4 Å². The summed E-state index contributed by atoms with van der Waals surface area (Å²) in [6.07, 6.45) is 7.03. The molecule has 1 unspecified atom stereocenters. The van der Waals surface area contributed by atoms with Gasteiger partial charge in [-0.2, -0.15) is 13.2 Å². The first kappa shape index (κ1) is 29.4. The summed E-state index contributed by atoms with van der Waals surface area (Å²) in [6.45, 7) is 0.841. The van der Waals surface area contributed by atoms with Crippen molar-refractivity contribution in [3.05, 3.63) is 89.0 Å². The molecule has 2 N–H and O–H groups in total. The van der Waals surface area contributed by atoms with Crippen LogP contribution in [0, 0.1) is 0 Å². The topological polar surface area (TPSA) is 109 Å². The van der Waals surface area contributed by atoms with E-state index in [4.69, 9.17) is 0 Å². The van der Waals surface area contributed by atoms with Gasteiger partial charge in [-0.3, -0.25) is 9.10 Å². The first-order valence-electron chi connectivity index (χ1n) is 14.5. The lowest BCUT2D eigenvalue weighted by Gasteiger charge is -2.31. The summed E-state index contributed by atoms with van der Waals surface area (Å²) in [4.78, 5) is 12.3. The molecule has 228 valence electrons. The summed E-state index contributed by atoms with van der Waals surface area (Å²) in [5.41, 5.74) is 2.99. The molecule has 2 heterocycles. The molecular weight excluding hydrogens is 581 g/mol. The number of carbonyl (C=O) groups is 1. The number of carbonyl (C=O) groups excluding carboxylic acids is 1. The number of nitrogens with one attached hydrogen (secondary N) is 2. The molecule has 3 aliphatic rings. The Morgan fingerprint density at radius 3 is 2.65 bits per heavy atom. The molecule has 0 saturated heterocycles. The lowest BCUT2D eigenvalue weighted by Crippen LogP contribution is -2.50. The highest BCUT2D eigenvalue weighted by Gasteiger charge is 2.38. The average molecular weight is 615 g/mol. The van der Waals surface area contributed by atoms with Crippen LogP contribution in [0.3, 0.4) is 0 Å². The first-order chi connectivity index (χ1) is 20.6. The molecule has 0 spiro atoms. The Kier molecular flexibility index (Phi) is 8.03. The lowest BCUT2D eigenvalue weighted by atomic mass is 9.86. The molecular formula is C30H33F3N6O3S. The van der Waals surface area contributed by atoms with Crippen molar-refractivity contribution in [2.75, 3.05) is 0 Å². The SMILES string of the molecule is O=C1NC=CN(S(=O)(=O)c2cccc(C(F)(F)F)c2)[C@@H]1Cc1cn(C2CCCc3cc(CNC4CCCC4)ccc32)nn1. The maximum atomic E-state index is 13.4. The zero-order valence-corrected chi connectivity index (χ0v) is 24.2. The van der Waals surface area contributed by atoms with E-state index in [1.165, 1.54) is 42.4 Å². The van der Waals surface area contributed by atoms with Crippen LogP contribution >= 0.6 is 0 Å². The third-order valence-corrected chi connectivity index (χ3v) is 10.3. The number of rotatable bonds is 8. The molecule has 9 nitrogen and oxygen atoms in total. The predicted molar refractivity (Wildman–Crippen MR) is 152 cm³/mol. The molecule has 2 aliphatic carbocycles. The maximum Gasteiger partial charge on any atom is 0.416 e. The summed E-state index contributed by atoms with van der Waals surface area (Å²) >= 11 is 0. The molecule has 1 amide bonds. The number of fused-ring (bicyclic) bond motifs is 1. The lowest BCUT2D eigenvalue weighted by molar-refractivity contribution is -0.137. The minimum Gasteiger partial charge on any atom is -0.329 e. The Labute approximate surface area is 248 Å². The third kappa shape index (κ3) is 6.19. The van der Waals surface area contributed by atoms with Crippen LogP contribution in [0.5, 0.6) is 0 Å². The van der Waals surface area contributed by atoms with Gasteiger partial charge in [-0.15, -0.1) is 5.10 Å². The van der Waals surface area contributed by atoms with E-state index in [1.807, 2.05) is 0 Å². The summed E-state index contributed by atoms with van der Waals surface area (Å²) in [7, 11) is -4.49. The van der Waals surface area contributed by atoms with Crippen molar-refractivity contribution < 1.29 is 26.4 Å².